The van der Waals surface area contributed by atoms with Crippen molar-refractivity contribution in [3.8, 4) is 0 Å². The molecule has 6 rings (SSSR count). The molecule has 188 valence electrons. The van der Waals surface area contributed by atoms with Gasteiger partial charge in [-0.25, -0.2) is 9.18 Å². The van der Waals surface area contributed by atoms with Crippen LogP contribution in [0.2, 0.25) is 0 Å². The van der Waals surface area contributed by atoms with Gasteiger partial charge in [0.25, 0.3) is 0 Å². The summed E-state index contributed by atoms with van der Waals surface area (Å²) in [6.45, 7) is 6.64. The Hall–Kier alpha value is -2.29. The third-order valence-electron chi connectivity index (χ3n) is 10.5. The van der Waals surface area contributed by atoms with E-state index in [0.717, 1.165) is 0 Å². The molecule has 1 aromatic heterocycles. The molecule has 35 heavy (non-hydrogen) atoms. The fourth-order valence-electron chi connectivity index (χ4n) is 8.90. The molecule has 9 unspecified atom stereocenters. The number of hydroxylamine groups is 2. The van der Waals surface area contributed by atoms with Gasteiger partial charge in [-0.15, -0.1) is 0 Å². The van der Waals surface area contributed by atoms with Crippen LogP contribution in [0.15, 0.2) is 46.6 Å². The van der Waals surface area contributed by atoms with E-state index in [1.165, 1.54) is 12.2 Å². The zero-order valence-corrected chi connectivity index (χ0v) is 20.2. The standard InChI is InChI=1S/C27H32FNO6/c1-24-7-6-16(30)9-18(24)20(28)10-19-22(24)21(31)12-26(3)25(19,2)11-15-13-29(14-17-5-4-8-34-17)35-27(15,26)23(32)33/h4-9,15,19-22,31H,10-14H2,1-3H3,(H,32,33). The summed E-state index contributed by atoms with van der Waals surface area (Å²) in [5, 5.41) is 23.9. The Morgan fingerprint density at radius 2 is 2.06 bits per heavy atom. The van der Waals surface area contributed by atoms with Crippen LogP contribution in [0.25, 0.3) is 0 Å². The fourth-order valence-corrected chi connectivity index (χ4v) is 8.90. The Morgan fingerprint density at radius 3 is 2.74 bits per heavy atom. The van der Waals surface area contributed by atoms with Gasteiger partial charge in [-0.3, -0.25) is 9.63 Å². The van der Waals surface area contributed by atoms with Crippen molar-refractivity contribution in [3.05, 3.63) is 48.0 Å². The Bertz CT molecular complexity index is 1150. The average molecular weight is 486 g/mol. The molecule has 1 aliphatic heterocycles. The van der Waals surface area contributed by atoms with Gasteiger partial charge in [0.2, 0.25) is 0 Å². The SMILES string of the molecule is CC12C=CC(=O)C=C1C(F)CC1C2C(O)CC2(C)C1(C)CC1CN(Cc3ccco3)OC12C(=O)O. The highest BCUT2D eigenvalue weighted by molar-refractivity contribution is 6.01. The molecule has 3 saturated carbocycles. The van der Waals surface area contributed by atoms with Crippen LogP contribution in [-0.2, 0) is 21.0 Å². The van der Waals surface area contributed by atoms with Crippen molar-refractivity contribution < 1.29 is 33.4 Å². The number of carboxylic acid groups (broad SMARTS) is 1. The van der Waals surface area contributed by atoms with E-state index >= 15 is 4.39 Å². The van der Waals surface area contributed by atoms with Gasteiger partial charge in [-0.05, 0) is 60.5 Å². The number of carbonyl (C=O) groups is 2. The Morgan fingerprint density at radius 1 is 1.29 bits per heavy atom. The van der Waals surface area contributed by atoms with Gasteiger partial charge in [0.15, 0.2) is 11.4 Å². The number of halogens is 1. The van der Waals surface area contributed by atoms with E-state index in [4.69, 9.17) is 9.25 Å². The summed E-state index contributed by atoms with van der Waals surface area (Å²) >= 11 is 0. The molecule has 8 heteroatoms. The zero-order chi connectivity index (χ0) is 25.0. The number of hydrogen-bond donors (Lipinski definition) is 2. The fraction of sp³-hybridized carbons (Fsp3) is 0.630. The van der Waals surface area contributed by atoms with Crippen LogP contribution >= 0.6 is 0 Å². The number of aliphatic carboxylic acids is 1. The number of hydrogen-bond acceptors (Lipinski definition) is 6. The maximum absolute atomic E-state index is 15.7. The van der Waals surface area contributed by atoms with Crippen LogP contribution in [0.1, 0.15) is 45.8 Å². The highest BCUT2D eigenvalue weighted by Crippen LogP contribution is 2.75. The van der Waals surface area contributed by atoms with Crippen molar-refractivity contribution in [3.63, 3.8) is 0 Å². The van der Waals surface area contributed by atoms with Gasteiger partial charge < -0.3 is 14.6 Å². The highest BCUT2D eigenvalue weighted by Gasteiger charge is 2.80. The van der Waals surface area contributed by atoms with E-state index < -0.39 is 40.1 Å². The van der Waals surface area contributed by atoms with Crippen molar-refractivity contribution in [2.75, 3.05) is 6.54 Å². The average Bonchev–Trinajstić information content (AvgIpc) is 3.45. The lowest BCUT2D eigenvalue weighted by Gasteiger charge is -2.64. The van der Waals surface area contributed by atoms with E-state index in [1.807, 2.05) is 19.9 Å². The number of aliphatic hydroxyl groups is 1. The number of fused-ring (bicyclic) bond motifs is 7. The number of ketones is 1. The number of alkyl halides is 1. The predicted molar refractivity (Wildman–Crippen MR) is 122 cm³/mol. The summed E-state index contributed by atoms with van der Waals surface area (Å²) in [4.78, 5) is 31.4. The van der Waals surface area contributed by atoms with Gasteiger partial charge in [-0.1, -0.05) is 26.8 Å². The topological polar surface area (TPSA) is 100 Å². The summed E-state index contributed by atoms with van der Waals surface area (Å²) in [7, 11) is 0. The largest absolute Gasteiger partial charge is 0.479 e. The molecule has 5 aliphatic rings. The molecule has 0 radical (unpaired) electrons. The van der Waals surface area contributed by atoms with Gasteiger partial charge in [0, 0.05) is 29.2 Å². The Labute approximate surface area is 203 Å². The molecule has 2 N–H and O–H groups in total. The number of carbonyl (C=O) groups excluding carboxylic acids is 1. The Balaban J connectivity index is 1.42. The summed E-state index contributed by atoms with van der Waals surface area (Å²) < 4.78 is 21.1. The number of rotatable bonds is 3. The quantitative estimate of drug-likeness (QED) is 0.674. The van der Waals surface area contributed by atoms with Gasteiger partial charge in [0.1, 0.15) is 11.9 Å². The van der Waals surface area contributed by atoms with Crippen molar-refractivity contribution in [1.29, 1.82) is 0 Å². The van der Waals surface area contributed by atoms with Crippen LogP contribution in [-0.4, -0.2) is 51.5 Å². The molecule has 0 spiro atoms. The molecular formula is C27H32FNO6. The second-order valence-corrected chi connectivity index (χ2v) is 11.9. The van der Waals surface area contributed by atoms with Gasteiger partial charge in [-0.2, -0.15) is 5.06 Å². The lowest BCUT2D eigenvalue weighted by atomic mass is 9.41. The molecule has 1 aromatic rings. The normalized spacial score (nSPS) is 48.7. The second kappa shape index (κ2) is 7.14. The van der Waals surface area contributed by atoms with E-state index in [-0.39, 0.29) is 36.4 Å². The lowest BCUT2D eigenvalue weighted by molar-refractivity contribution is -0.277. The molecule has 0 aromatic carbocycles. The molecule has 0 bridgehead atoms. The number of nitrogens with zero attached hydrogens (tertiary/aromatic N) is 1. The molecule has 9 atom stereocenters. The first-order valence-corrected chi connectivity index (χ1v) is 12.4. The van der Waals surface area contributed by atoms with Crippen molar-refractivity contribution in [2.45, 2.75) is 64.5 Å². The first-order chi connectivity index (χ1) is 16.5. The summed E-state index contributed by atoms with van der Waals surface area (Å²) in [5.41, 5.74) is -3.39. The minimum absolute atomic E-state index is 0.162. The highest BCUT2D eigenvalue weighted by atomic mass is 19.1. The molecule has 7 nitrogen and oxygen atoms in total. The third kappa shape index (κ3) is 2.71. The maximum atomic E-state index is 15.7. The maximum Gasteiger partial charge on any atom is 0.339 e. The number of aliphatic hydroxyl groups excluding tert-OH is 1. The van der Waals surface area contributed by atoms with E-state index in [9.17, 15) is 19.8 Å². The van der Waals surface area contributed by atoms with Crippen LogP contribution in [0, 0.1) is 34.0 Å². The van der Waals surface area contributed by atoms with Crippen molar-refractivity contribution in [1.82, 2.24) is 5.06 Å². The molecule has 2 heterocycles. The van der Waals surface area contributed by atoms with Crippen LogP contribution in [0.5, 0.6) is 0 Å². The Kier molecular flexibility index (Phi) is 4.72. The van der Waals surface area contributed by atoms with Crippen LogP contribution in [0.3, 0.4) is 0 Å². The molecule has 0 amide bonds. The minimum Gasteiger partial charge on any atom is -0.479 e. The lowest BCUT2D eigenvalue weighted by Crippen LogP contribution is -2.66. The van der Waals surface area contributed by atoms with Crippen molar-refractivity contribution >= 4 is 11.8 Å². The van der Waals surface area contributed by atoms with E-state index in [0.29, 0.717) is 30.8 Å². The monoisotopic (exact) mass is 485 g/mol. The van der Waals surface area contributed by atoms with E-state index in [1.54, 1.807) is 23.5 Å². The predicted octanol–water partition coefficient (Wildman–Crippen LogP) is 3.69. The van der Waals surface area contributed by atoms with E-state index in [2.05, 4.69) is 6.92 Å². The first-order valence-electron chi connectivity index (χ1n) is 12.4. The molecular weight excluding hydrogens is 453 g/mol. The third-order valence-corrected chi connectivity index (χ3v) is 10.5. The number of furan rings is 1. The minimum atomic E-state index is -1.53. The van der Waals surface area contributed by atoms with Gasteiger partial charge in [0.05, 0.1) is 18.9 Å². The molecule has 4 fully saturated rings. The van der Waals surface area contributed by atoms with Gasteiger partial charge >= 0.3 is 5.97 Å². The molecule has 4 aliphatic carbocycles. The number of allylic oxidation sites excluding steroid dienone is 4. The van der Waals surface area contributed by atoms with Crippen molar-refractivity contribution in [2.24, 2.45) is 34.0 Å². The summed E-state index contributed by atoms with van der Waals surface area (Å²) in [5.74, 6) is -1.49. The smallest absolute Gasteiger partial charge is 0.339 e. The van der Waals surface area contributed by atoms with Crippen LogP contribution in [0.4, 0.5) is 4.39 Å². The first kappa shape index (κ1) is 23.1. The summed E-state index contributed by atoms with van der Waals surface area (Å²) in [6.07, 6.45) is 4.95. The summed E-state index contributed by atoms with van der Waals surface area (Å²) in [6, 6.07) is 3.60. The van der Waals surface area contributed by atoms with Crippen LogP contribution < -0.4 is 0 Å². The second-order valence-electron chi connectivity index (χ2n) is 11.9. The zero-order valence-electron chi connectivity index (χ0n) is 20.2. The number of carboxylic acids is 1. The molecule has 1 saturated heterocycles.